The summed E-state index contributed by atoms with van der Waals surface area (Å²) in [7, 11) is 4.91. The number of benzene rings is 2. The maximum absolute atomic E-state index is 5.37. The fourth-order valence-corrected chi connectivity index (χ4v) is 3.43. The SMILES string of the molecule is COc1ccc(/C=C/c2c(Br)c(OC)cc(OC)c2Br)cc1. The Morgan fingerprint density at radius 3 is 1.77 bits per heavy atom. The summed E-state index contributed by atoms with van der Waals surface area (Å²) in [4.78, 5) is 0. The highest BCUT2D eigenvalue weighted by molar-refractivity contribution is 9.11. The Labute approximate surface area is 147 Å². The van der Waals surface area contributed by atoms with Crippen molar-refractivity contribution in [2.24, 2.45) is 0 Å². The van der Waals surface area contributed by atoms with Crippen LogP contribution in [0.2, 0.25) is 0 Å². The monoisotopic (exact) mass is 426 g/mol. The van der Waals surface area contributed by atoms with Crippen molar-refractivity contribution >= 4 is 44.0 Å². The van der Waals surface area contributed by atoms with Crippen molar-refractivity contribution < 1.29 is 14.2 Å². The van der Waals surface area contributed by atoms with Crippen LogP contribution in [0.1, 0.15) is 11.1 Å². The molecule has 0 atom stereocenters. The number of hydrogen-bond donors (Lipinski definition) is 0. The zero-order valence-electron chi connectivity index (χ0n) is 12.5. The molecule has 116 valence electrons. The predicted molar refractivity (Wildman–Crippen MR) is 96.9 cm³/mol. The lowest BCUT2D eigenvalue weighted by Gasteiger charge is -2.12. The third-order valence-electron chi connectivity index (χ3n) is 3.17. The minimum absolute atomic E-state index is 0.717. The van der Waals surface area contributed by atoms with Crippen molar-refractivity contribution in [2.45, 2.75) is 0 Å². The van der Waals surface area contributed by atoms with Crippen LogP contribution in [0.5, 0.6) is 17.2 Å². The summed E-state index contributed by atoms with van der Waals surface area (Å²) < 4.78 is 17.6. The van der Waals surface area contributed by atoms with Crippen LogP contribution in [0, 0.1) is 0 Å². The summed E-state index contributed by atoms with van der Waals surface area (Å²) in [6.45, 7) is 0. The van der Waals surface area contributed by atoms with Crippen LogP contribution in [0.4, 0.5) is 0 Å². The molecule has 0 N–H and O–H groups in total. The van der Waals surface area contributed by atoms with Gasteiger partial charge in [0.05, 0.1) is 30.3 Å². The van der Waals surface area contributed by atoms with Gasteiger partial charge in [-0.2, -0.15) is 0 Å². The summed E-state index contributed by atoms with van der Waals surface area (Å²) in [5, 5.41) is 0. The zero-order chi connectivity index (χ0) is 16.1. The normalized spacial score (nSPS) is 10.8. The molecule has 5 heteroatoms. The highest BCUT2D eigenvalue weighted by atomic mass is 79.9. The first-order valence-corrected chi connectivity index (χ1v) is 8.11. The van der Waals surface area contributed by atoms with E-state index in [-0.39, 0.29) is 0 Å². The second-order valence-electron chi connectivity index (χ2n) is 4.43. The highest BCUT2D eigenvalue weighted by Crippen LogP contribution is 2.41. The third-order valence-corrected chi connectivity index (χ3v) is 4.80. The second kappa shape index (κ2) is 7.70. The fraction of sp³-hybridized carbons (Fsp3) is 0.176. The van der Waals surface area contributed by atoms with Crippen molar-refractivity contribution in [2.75, 3.05) is 21.3 Å². The average molecular weight is 428 g/mol. The molecule has 0 unspecified atom stereocenters. The Hall–Kier alpha value is -1.46. The molecule has 0 saturated carbocycles. The van der Waals surface area contributed by atoms with Gasteiger partial charge in [0.2, 0.25) is 0 Å². The third kappa shape index (κ3) is 3.65. The molecule has 22 heavy (non-hydrogen) atoms. The van der Waals surface area contributed by atoms with Gasteiger partial charge in [0.15, 0.2) is 0 Å². The van der Waals surface area contributed by atoms with Crippen molar-refractivity contribution in [3.8, 4) is 17.2 Å². The molecule has 0 aliphatic carbocycles. The standard InChI is InChI=1S/C17H16Br2O3/c1-20-12-7-4-11(5-8-12)6-9-13-16(18)14(21-2)10-15(22-3)17(13)19/h4-10H,1-3H3/b9-6+. The Morgan fingerprint density at radius 2 is 1.32 bits per heavy atom. The smallest absolute Gasteiger partial charge is 0.137 e. The molecule has 3 nitrogen and oxygen atoms in total. The van der Waals surface area contributed by atoms with Gasteiger partial charge in [0.1, 0.15) is 17.2 Å². The minimum Gasteiger partial charge on any atom is -0.497 e. The molecule has 2 aromatic rings. The van der Waals surface area contributed by atoms with Gasteiger partial charge >= 0.3 is 0 Å². The number of rotatable bonds is 5. The molecule has 0 spiro atoms. The number of hydrogen-bond acceptors (Lipinski definition) is 3. The van der Waals surface area contributed by atoms with Gasteiger partial charge in [0.25, 0.3) is 0 Å². The molecule has 0 aliphatic heterocycles. The molecule has 0 aromatic heterocycles. The maximum Gasteiger partial charge on any atom is 0.137 e. The molecule has 0 fully saturated rings. The summed E-state index contributed by atoms with van der Waals surface area (Å²) in [5.41, 5.74) is 2.02. The van der Waals surface area contributed by atoms with Gasteiger partial charge in [-0.3, -0.25) is 0 Å². The summed E-state index contributed by atoms with van der Waals surface area (Å²) in [6.07, 6.45) is 4.02. The number of ether oxygens (including phenoxy) is 3. The van der Waals surface area contributed by atoms with Crippen LogP contribution >= 0.6 is 31.9 Å². The van der Waals surface area contributed by atoms with Crippen LogP contribution in [0.15, 0.2) is 39.3 Å². The van der Waals surface area contributed by atoms with Crippen molar-refractivity contribution in [3.05, 3.63) is 50.4 Å². The van der Waals surface area contributed by atoms with E-state index in [2.05, 4.69) is 31.9 Å². The largest absolute Gasteiger partial charge is 0.497 e. The fourth-order valence-electron chi connectivity index (χ4n) is 1.95. The Bertz CT molecular complexity index is 651. The van der Waals surface area contributed by atoms with E-state index in [1.807, 2.05) is 42.5 Å². The first kappa shape index (κ1) is 16.9. The Balaban J connectivity index is 2.40. The molecule has 0 saturated heterocycles. The van der Waals surface area contributed by atoms with E-state index in [4.69, 9.17) is 14.2 Å². The summed E-state index contributed by atoms with van der Waals surface area (Å²) >= 11 is 7.14. The van der Waals surface area contributed by atoms with Gasteiger partial charge in [-0.25, -0.2) is 0 Å². The zero-order valence-corrected chi connectivity index (χ0v) is 15.7. The molecule has 0 amide bonds. The molecule has 0 heterocycles. The molecular formula is C17H16Br2O3. The van der Waals surface area contributed by atoms with Crippen molar-refractivity contribution in [3.63, 3.8) is 0 Å². The van der Waals surface area contributed by atoms with Crippen LogP contribution in [-0.2, 0) is 0 Å². The van der Waals surface area contributed by atoms with E-state index in [9.17, 15) is 0 Å². The molecule has 0 bridgehead atoms. The lowest BCUT2D eigenvalue weighted by Crippen LogP contribution is -1.93. The molecule has 2 rings (SSSR count). The van der Waals surface area contributed by atoms with E-state index < -0.39 is 0 Å². The Morgan fingerprint density at radius 1 is 0.773 bits per heavy atom. The van der Waals surface area contributed by atoms with Crippen LogP contribution in [0.3, 0.4) is 0 Å². The van der Waals surface area contributed by atoms with E-state index in [0.717, 1.165) is 37.3 Å². The van der Waals surface area contributed by atoms with Crippen LogP contribution in [-0.4, -0.2) is 21.3 Å². The average Bonchev–Trinajstić information content (AvgIpc) is 2.55. The van der Waals surface area contributed by atoms with E-state index in [0.29, 0.717) is 0 Å². The molecule has 0 radical (unpaired) electrons. The topological polar surface area (TPSA) is 27.7 Å². The summed E-state index contributed by atoms with van der Waals surface area (Å²) in [6, 6.07) is 9.67. The van der Waals surface area contributed by atoms with Crippen molar-refractivity contribution in [1.29, 1.82) is 0 Å². The van der Waals surface area contributed by atoms with E-state index in [1.54, 1.807) is 21.3 Å². The lowest BCUT2D eigenvalue weighted by molar-refractivity contribution is 0.390. The van der Waals surface area contributed by atoms with Crippen LogP contribution < -0.4 is 14.2 Å². The van der Waals surface area contributed by atoms with Gasteiger partial charge in [-0.15, -0.1) is 0 Å². The van der Waals surface area contributed by atoms with E-state index in [1.165, 1.54) is 0 Å². The number of methoxy groups -OCH3 is 3. The second-order valence-corrected chi connectivity index (χ2v) is 6.02. The predicted octanol–water partition coefficient (Wildman–Crippen LogP) is 5.41. The first-order chi connectivity index (χ1) is 10.6. The lowest BCUT2D eigenvalue weighted by atomic mass is 10.1. The van der Waals surface area contributed by atoms with E-state index >= 15 is 0 Å². The minimum atomic E-state index is 0.717. The van der Waals surface area contributed by atoms with Gasteiger partial charge in [-0.05, 0) is 49.6 Å². The van der Waals surface area contributed by atoms with Crippen molar-refractivity contribution in [1.82, 2.24) is 0 Å². The maximum atomic E-state index is 5.37. The summed E-state index contributed by atoms with van der Waals surface area (Å²) in [5.74, 6) is 2.27. The molecule has 0 aliphatic rings. The van der Waals surface area contributed by atoms with Gasteiger partial charge < -0.3 is 14.2 Å². The highest BCUT2D eigenvalue weighted by Gasteiger charge is 2.14. The number of halogens is 2. The molecular weight excluding hydrogens is 412 g/mol. The van der Waals surface area contributed by atoms with Gasteiger partial charge in [0, 0.05) is 11.6 Å². The Kier molecular flexibility index (Phi) is 5.91. The quantitative estimate of drug-likeness (QED) is 0.597. The molecule has 2 aromatic carbocycles. The first-order valence-electron chi connectivity index (χ1n) is 6.52. The van der Waals surface area contributed by atoms with Gasteiger partial charge in [-0.1, -0.05) is 24.3 Å². The van der Waals surface area contributed by atoms with Crippen LogP contribution in [0.25, 0.3) is 12.2 Å².